The van der Waals surface area contributed by atoms with E-state index in [4.69, 9.17) is 5.11 Å². The Labute approximate surface area is 81.7 Å². The molecule has 2 heteroatoms. The molecular formula is C11H23NO. The summed E-state index contributed by atoms with van der Waals surface area (Å²) in [7, 11) is 0. The third kappa shape index (κ3) is 3.28. The zero-order valence-electron chi connectivity index (χ0n) is 8.97. The second-order valence-corrected chi connectivity index (χ2v) is 4.62. The van der Waals surface area contributed by atoms with E-state index in [0.29, 0.717) is 12.0 Å². The van der Waals surface area contributed by atoms with Crippen LogP contribution in [0.3, 0.4) is 0 Å². The highest BCUT2D eigenvalue weighted by Crippen LogP contribution is 2.51. The second kappa shape index (κ2) is 4.97. The molecule has 0 atom stereocenters. The van der Waals surface area contributed by atoms with Gasteiger partial charge in [0.1, 0.15) is 0 Å². The van der Waals surface area contributed by atoms with Crippen molar-refractivity contribution in [3.63, 3.8) is 0 Å². The van der Waals surface area contributed by atoms with Gasteiger partial charge in [0, 0.05) is 13.2 Å². The highest BCUT2D eigenvalue weighted by molar-refractivity contribution is 4.96. The third-order valence-electron chi connectivity index (χ3n) is 3.36. The topological polar surface area (TPSA) is 32.3 Å². The van der Waals surface area contributed by atoms with Gasteiger partial charge in [0.2, 0.25) is 0 Å². The Morgan fingerprint density at radius 3 is 2.46 bits per heavy atom. The fourth-order valence-corrected chi connectivity index (χ4v) is 1.82. The maximum absolute atomic E-state index is 8.60. The first-order valence-corrected chi connectivity index (χ1v) is 5.53. The fraction of sp³-hybridized carbons (Fsp3) is 1.00. The van der Waals surface area contributed by atoms with Gasteiger partial charge in [0.25, 0.3) is 0 Å². The molecule has 0 radical (unpaired) electrons. The summed E-state index contributed by atoms with van der Waals surface area (Å²) in [4.78, 5) is 0. The molecule has 1 saturated carbocycles. The average molecular weight is 185 g/mol. The lowest BCUT2D eigenvalue weighted by atomic mass is 9.92. The largest absolute Gasteiger partial charge is 0.396 e. The first kappa shape index (κ1) is 11.0. The molecule has 1 fully saturated rings. The molecule has 1 aliphatic carbocycles. The van der Waals surface area contributed by atoms with Crippen LogP contribution in [0.5, 0.6) is 0 Å². The van der Waals surface area contributed by atoms with E-state index in [1.807, 2.05) is 0 Å². The smallest absolute Gasteiger partial charge is 0.0431 e. The molecule has 0 bridgehead atoms. The predicted molar refractivity (Wildman–Crippen MR) is 55.7 cm³/mol. The van der Waals surface area contributed by atoms with Crippen molar-refractivity contribution in [1.82, 2.24) is 5.32 Å². The van der Waals surface area contributed by atoms with Crippen LogP contribution in [0.1, 0.15) is 39.5 Å². The maximum atomic E-state index is 8.60. The number of rotatable bonds is 7. The van der Waals surface area contributed by atoms with Crippen molar-refractivity contribution in [3.05, 3.63) is 0 Å². The zero-order chi connectivity index (χ0) is 9.73. The summed E-state index contributed by atoms with van der Waals surface area (Å²) in [5.74, 6) is 0.817. The van der Waals surface area contributed by atoms with Gasteiger partial charge >= 0.3 is 0 Å². The predicted octanol–water partition coefficient (Wildman–Crippen LogP) is 1.78. The Hall–Kier alpha value is -0.0800. The maximum Gasteiger partial charge on any atom is 0.0431 e. The van der Waals surface area contributed by atoms with E-state index in [1.165, 1.54) is 19.4 Å². The summed E-state index contributed by atoms with van der Waals surface area (Å²) in [6.07, 6.45) is 4.84. The minimum Gasteiger partial charge on any atom is -0.396 e. The second-order valence-electron chi connectivity index (χ2n) is 4.62. The highest BCUT2D eigenvalue weighted by atomic mass is 16.2. The van der Waals surface area contributed by atoms with E-state index in [-0.39, 0.29) is 0 Å². The quantitative estimate of drug-likeness (QED) is 0.593. The highest BCUT2D eigenvalue weighted by Gasteiger charge is 2.44. The van der Waals surface area contributed by atoms with Gasteiger partial charge in [-0.15, -0.1) is 0 Å². The van der Waals surface area contributed by atoms with Crippen molar-refractivity contribution in [2.45, 2.75) is 39.5 Å². The minimum absolute atomic E-state index is 0.330. The van der Waals surface area contributed by atoms with E-state index < -0.39 is 0 Å². The van der Waals surface area contributed by atoms with Crippen molar-refractivity contribution in [2.24, 2.45) is 11.3 Å². The van der Waals surface area contributed by atoms with Crippen molar-refractivity contribution < 1.29 is 5.11 Å². The Morgan fingerprint density at radius 2 is 2.00 bits per heavy atom. The van der Waals surface area contributed by atoms with Crippen LogP contribution in [0.2, 0.25) is 0 Å². The van der Waals surface area contributed by atoms with Crippen molar-refractivity contribution in [2.75, 3.05) is 19.7 Å². The number of nitrogens with one attached hydrogen (secondary N) is 1. The van der Waals surface area contributed by atoms with E-state index in [2.05, 4.69) is 19.2 Å². The first-order chi connectivity index (χ1) is 6.21. The summed E-state index contributed by atoms with van der Waals surface area (Å²) in [5, 5.41) is 12.1. The standard InChI is InChI=1S/C11H23NO/c1-10(2)11(5-6-11)9-12-7-3-4-8-13/h10,12-13H,3-9H2,1-2H3. The number of aliphatic hydroxyl groups is 1. The van der Waals surface area contributed by atoms with E-state index in [9.17, 15) is 0 Å². The summed E-state index contributed by atoms with van der Waals surface area (Å²) in [5.41, 5.74) is 0.624. The molecule has 2 N–H and O–H groups in total. The lowest BCUT2D eigenvalue weighted by Crippen LogP contribution is -2.28. The molecule has 0 spiro atoms. The van der Waals surface area contributed by atoms with Gasteiger partial charge in [0.15, 0.2) is 0 Å². The average Bonchev–Trinajstić information content (AvgIpc) is 2.85. The van der Waals surface area contributed by atoms with Crippen LogP contribution in [-0.4, -0.2) is 24.8 Å². The monoisotopic (exact) mass is 185 g/mol. The minimum atomic E-state index is 0.330. The normalized spacial score (nSPS) is 19.4. The molecule has 0 saturated heterocycles. The molecule has 1 aliphatic rings. The first-order valence-electron chi connectivity index (χ1n) is 5.53. The molecule has 2 nitrogen and oxygen atoms in total. The van der Waals surface area contributed by atoms with E-state index in [0.717, 1.165) is 25.3 Å². The zero-order valence-corrected chi connectivity index (χ0v) is 8.97. The Balaban J connectivity index is 1.99. The van der Waals surface area contributed by atoms with Crippen LogP contribution in [0.25, 0.3) is 0 Å². The number of aliphatic hydroxyl groups excluding tert-OH is 1. The van der Waals surface area contributed by atoms with Gasteiger partial charge in [-0.25, -0.2) is 0 Å². The molecule has 78 valence electrons. The van der Waals surface area contributed by atoms with Gasteiger partial charge in [-0.3, -0.25) is 0 Å². The van der Waals surface area contributed by atoms with Gasteiger partial charge in [-0.1, -0.05) is 13.8 Å². The lowest BCUT2D eigenvalue weighted by molar-refractivity contribution is 0.280. The fourth-order valence-electron chi connectivity index (χ4n) is 1.82. The van der Waals surface area contributed by atoms with Gasteiger partial charge < -0.3 is 10.4 Å². The van der Waals surface area contributed by atoms with Crippen molar-refractivity contribution in [3.8, 4) is 0 Å². The molecule has 0 aromatic carbocycles. The van der Waals surface area contributed by atoms with Crippen LogP contribution in [0.15, 0.2) is 0 Å². The van der Waals surface area contributed by atoms with Gasteiger partial charge in [-0.05, 0) is 43.6 Å². The molecule has 0 aromatic heterocycles. The van der Waals surface area contributed by atoms with E-state index in [1.54, 1.807) is 0 Å². The van der Waals surface area contributed by atoms with Crippen LogP contribution in [-0.2, 0) is 0 Å². The molecule has 1 rings (SSSR count). The van der Waals surface area contributed by atoms with Gasteiger partial charge in [0.05, 0.1) is 0 Å². The molecule has 0 aromatic rings. The molecule has 13 heavy (non-hydrogen) atoms. The van der Waals surface area contributed by atoms with Crippen LogP contribution in [0, 0.1) is 11.3 Å². The number of hydrogen-bond donors (Lipinski definition) is 2. The van der Waals surface area contributed by atoms with Crippen molar-refractivity contribution in [1.29, 1.82) is 0 Å². The van der Waals surface area contributed by atoms with Crippen LogP contribution in [0.4, 0.5) is 0 Å². The number of unbranched alkanes of at least 4 members (excludes halogenated alkanes) is 1. The summed E-state index contributed by atoms with van der Waals surface area (Å²) < 4.78 is 0. The summed E-state index contributed by atoms with van der Waals surface area (Å²) in [6.45, 7) is 7.22. The summed E-state index contributed by atoms with van der Waals surface area (Å²) >= 11 is 0. The lowest BCUT2D eigenvalue weighted by Gasteiger charge is -2.19. The molecule has 0 unspecified atom stereocenters. The van der Waals surface area contributed by atoms with Crippen LogP contribution < -0.4 is 5.32 Å². The molecule has 0 aliphatic heterocycles. The van der Waals surface area contributed by atoms with E-state index >= 15 is 0 Å². The molecule has 0 heterocycles. The SMILES string of the molecule is CC(C)C1(CNCCCCO)CC1. The third-order valence-corrected chi connectivity index (χ3v) is 3.36. The Kier molecular flexibility index (Phi) is 4.20. The summed E-state index contributed by atoms with van der Waals surface area (Å²) in [6, 6.07) is 0. The number of hydrogen-bond acceptors (Lipinski definition) is 2. The molecular weight excluding hydrogens is 162 g/mol. The van der Waals surface area contributed by atoms with Crippen molar-refractivity contribution >= 4 is 0 Å². The molecule has 0 amide bonds. The Morgan fingerprint density at radius 1 is 1.31 bits per heavy atom. The van der Waals surface area contributed by atoms with Crippen LogP contribution >= 0.6 is 0 Å². The Bertz CT molecular complexity index is 141. The van der Waals surface area contributed by atoms with Gasteiger partial charge in [-0.2, -0.15) is 0 Å².